The van der Waals surface area contributed by atoms with Gasteiger partial charge in [-0.2, -0.15) is 0 Å². The molecule has 1 aliphatic rings. The molecule has 1 saturated heterocycles. The van der Waals surface area contributed by atoms with E-state index in [-0.39, 0.29) is 0 Å². The Balaban J connectivity index is 1.96. The van der Waals surface area contributed by atoms with Gasteiger partial charge in [0.2, 0.25) is 0 Å². The first-order valence-electron chi connectivity index (χ1n) is 6.81. The average Bonchev–Trinajstić information content (AvgIpc) is 2.53. The number of piperazine rings is 1. The summed E-state index contributed by atoms with van der Waals surface area (Å²) in [5.41, 5.74) is 0.818. The van der Waals surface area contributed by atoms with Crippen molar-refractivity contribution >= 4 is 38.7 Å². The van der Waals surface area contributed by atoms with E-state index in [9.17, 15) is 4.79 Å². The Hall–Kier alpha value is -2.09. The number of halogens is 1. The number of hydrogen-bond donors (Lipinski definition) is 1. The fourth-order valence-corrected chi connectivity index (χ4v) is 3.06. The van der Waals surface area contributed by atoms with E-state index < -0.39 is 6.09 Å². The highest BCUT2D eigenvalue weighted by Gasteiger charge is 2.23. The van der Waals surface area contributed by atoms with E-state index in [1.165, 1.54) is 11.2 Å². The molecule has 0 unspecified atom stereocenters. The second kappa shape index (κ2) is 5.96. The van der Waals surface area contributed by atoms with Crippen molar-refractivity contribution in [3.63, 3.8) is 0 Å². The Morgan fingerprint density at radius 2 is 2.00 bits per heavy atom. The summed E-state index contributed by atoms with van der Waals surface area (Å²) < 4.78 is 6.17. The Bertz CT molecular complexity index is 717. The van der Waals surface area contributed by atoms with Gasteiger partial charge in [-0.05, 0) is 28.1 Å². The Morgan fingerprint density at radius 1 is 1.27 bits per heavy atom. The van der Waals surface area contributed by atoms with Crippen molar-refractivity contribution in [1.29, 1.82) is 0 Å². The molecule has 1 N–H and O–H groups in total. The zero-order valence-electron chi connectivity index (χ0n) is 12.0. The number of anilines is 1. The second-order valence-electron chi connectivity index (χ2n) is 4.96. The van der Waals surface area contributed by atoms with E-state index in [4.69, 9.17) is 9.84 Å². The number of amides is 1. The molecule has 0 saturated carbocycles. The highest BCUT2D eigenvalue weighted by molar-refractivity contribution is 9.10. The first kappa shape index (κ1) is 14.8. The topological polar surface area (TPSA) is 78.8 Å². The van der Waals surface area contributed by atoms with Crippen LogP contribution >= 0.6 is 15.9 Å². The van der Waals surface area contributed by atoms with Crippen LogP contribution < -0.4 is 9.64 Å². The third-order valence-electron chi connectivity index (χ3n) is 3.74. The fraction of sp³-hybridized carbons (Fsp3) is 0.357. The first-order chi connectivity index (χ1) is 10.6. The molecule has 0 radical (unpaired) electrons. The van der Waals surface area contributed by atoms with Gasteiger partial charge in [-0.25, -0.2) is 14.8 Å². The lowest BCUT2D eigenvalue weighted by Crippen LogP contribution is -2.48. The van der Waals surface area contributed by atoms with Gasteiger partial charge in [-0.3, -0.25) is 0 Å². The number of methoxy groups -OCH3 is 1. The summed E-state index contributed by atoms with van der Waals surface area (Å²) >= 11 is 3.45. The molecule has 7 nitrogen and oxygen atoms in total. The number of rotatable bonds is 2. The molecular formula is C14H15BrN4O3. The van der Waals surface area contributed by atoms with Crippen LogP contribution in [0.1, 0.15) is 0 Å². The average molecular weight is 367 g/mol. The van der Waals surface area contributed by atoms with Crippen LogP contribution in [0.4, 0.5) is 10.6 Å². The molecule has 1 amide bonds. The summed E-state index contributed by atoms with van der Waals surface area (Å²) in [6, 6.07) is 3.80. The summed E-state index contributed by atoms with van der Waals surface area (Å²) in [5.74, 6) is 1.52. The molecule has 116 valence electrons. The maximum Gasteiger partial charge on any atom is 0.407 e. The first-order valence-corrected chi connectivity index (χ1v) is 7.60. The Morgan fingerprint density at radius 3 is 2.64 bits per heavy atom. The van der Waals surface area contributed by atoms with E-state index in [0.717, 1.165) is 21.2 Å². The number of aromatic nitrogens is 2. The van der Waals surface area contributed by atoms with Crippen LogP contribution in [0.2, 0.25) is 0 Å². The highest BCUT2D eigenvalue weighted by Crippen LogP contribution is 2.33. The molecule has 1 fully saturated rings. The third-order valence-corrected chi connectivity index (χ3v) is 4.36. The van der Waals surface area contributed by atoms with Gasteiger partial charge in [-0.15, -0.1) is 0 Å². The lowest BCUT2D eigenvalue weighted by Gasteiger charge is -2.34. The van der Waals surface area contributed by atoms with Crippen molar-refractivity contribution in [2.24, 2.45) is 0 Å². The van der Waals surface area contributed by atoms with Gasteiger partial charge >= 0.3 is 6.09 Å². The second-order valence-corrected chi connectivity index (χ2v) is 5.81. The predicted molar refractivity (Wildman–Crippen MR) is 85.6 cm³/mol. The van der Waals surface area contributed by atoms with Gasteiger partial charge in [0.15, 0.2) is 0 Å². The molecule has 22 heavy (non-hydrogen) atoms. The number of hydrogen-bond acceptors (Lipinski definition) is 5. The lowest BCUT2D eigenvalue weighted by molar-refractivity contribution is 0.142. The van der Waals surface area contributed by atoms with Crippen molar-refractivity contribution in [3.05, 3.63) is 22.9 Å². The van der Waals surface area contributed by atoms with Crippen molar-refractivity contribution in [2.75, 3.05) is 38.2 Å². The molecule has 0 bridgehead atoms. The number of fused-ring (bicyclic) bond motifs is 1. The predicted octanol–water partition coefficient (Wildman–Crippen LogP) is 2.20. The van der Waals surface area contributed by atoms with E-state index >= 15 is 0 Å². The standard InChI is InChI=1S/C14H15BrN4O3/c1-22-12-6-9-11(7-10(12)15)16-8-17-13(9)18-2-4-19(5-3-18)14(20)21/h6-8H,2-5H2,1H3,(H,20,21). The summed E-state index contributed by atoms with van der Waals surface area (Å²) in [6.45, 7) is 2.15. The van der Waals surface area contributed by atoms with E-state index in [1.807, 2.05) is 12.1 Å². The summed E-state index contributed by atoms with van der Waals surface area (Å²) in [4.78, 5) is 23.2. The van der Waals surface area contributed by atoms with Gasteiger partial charge in [-0.1, -0.05) is 0 Å². The van der Waals surface area contributed by atoms with Crippen LogP contribution in [0.3, 0.4) is 0 Å². The molecule has 0 spiro atoms. The molecule has 1 aliphatic heterocycles. The molecule has 1 aromatic heterocycles. The molecule has 0 atom stereocenters. The monoisotopic (exact) mass is 366 g/mol. The van der Waals surface area contributed by atoms with E-state index in [0.29, 0.717) is 31.9 Å². The molecular weight excluding hydrogens is 352 g/mol. The number of carboxylic acid groups (broad SMARTS) is 1. The molecule has 0 aliphatic carbocycles. The van der Waals surface area contributed by atoms with Crippen molar-refractivity contribution in [3.8, 4) is 5.75 Å². The number of benzene rings is 1. The zero-order valence-corrected chi connectivity index (χ0v) is 13.6. The van der Waals surface area contributed by atoms with Crippen LogP contribution in [0.25, 0.3) is 10.9 Å². The van der Waals surface area contributed by atoms with Crippen LogP contribution in [0.5, 0.6) is 5.75 Å². The summed E-state index contributed by atoms with van der Waals surface area (Å²) in [6.07, 6.45) is 0.651. The normalized spacial score (nSPS) is 15.2. The van der Waals surface area contributed by atoms with Crippen LogP contribution in [0, 0.1) is 0 Å². The highest BCUT2D eigenvalue weighted by atomic mass is 79.9. The van der Waals surface area contributed by atoms with Gasteiger partial charge in [0.05, 0.1) is 17.1 Å². The van der Waals surface area contributed by atoms with Gasteiger partial charge in [0.25, 0.3) is 0 Å². The van der Waals surface area contributed by atoms with Crippen LogP contribution in [-0.2, 0) is 0 Å². The maximum atomic E-state index is 11.0. The molecule has 1 aromatic carbocycles. The molecule has 2 aromatic rings. The number of carbonyl (C=O) groups is 1. The number of ether oxygens (including phenoxy) is 1. The zero-order chi connectivity index (χ0) is 15.7. The van der Waals surface area contributed by atoms with Gasteiger partial charge in [0, 0.05) is 31.6 Å². The molecule has 2 heterocycles. The minimum Gasteiger partial charge on any atom is -0.496 e. The third kappa shape index (κ3) is 2.66. The van der Waals surface area contributed by atoms with Crippen molar-refractivity contribution in [1.82, 2.24) is 14.9 Å². The summed E-state index contributed by atoms with van der Waals surface area (Å²) in [5, 5.41) is 9.92. The van der Waals surface area contributed by atoms with E-state index in [1.54, 1.807) is 7.11 Å². The molecule has 3 rings (SSSR count). The Labute approximate surface area is 135 Å². The van der Waals surface area contributed by atoms with E-state index in [2.05, 4.69) is 30.8 Å². The minimum absolute atomic E-state index is 0.467. The smallest absolute Gasteiger partial charge is 0.407 e. The van der Waals surface area contributed by atoms with Crippen molar-refractivity contribution < 1.29 is 14.6 Å². The summed E-state index contributed by atoms with van der Waals surface area (Å²) in [7, 11) is 1.61. The maximum absolute atomic E-state index is 11.0. The SMILES string of the molecule is COc1cc2c(N3CCN(C(=O)O)CC3)ncnc2cc1Br. The van der Waals surface area contributed by atoms with Crippen LogP contribution in [-0.4, -0.2) is 59.4 Å². The lowest BCUT2D eigenvalue weighted by atomic mass is 10.2. The van der Waals surface area contributed by atoms with Gasteiger partial charge in [0.1, 0.15) is 17.9 Å². The Kier molecular flexibility index (Phi) is 4.02. The van der Waals surface area contributed by atoms with Gasteiger partial charge < -0.3 is 19.6 Å². The molecule has 8 heteroatoms. The van der Waals surface area contributed by atoms with Crippen LogP contribution in [0.15, 0.2) is 22.9 Å². The largest absolute Gasteiger partial charge is 0.496 e. The fourth-order valence-electron chi connectivity index (χ4n) is 2.56. The minimum atomic E-state index is -0.877. The van der Waals surface area contributed by atoms with Crippen molar-refractivity contribution in [2.45, 2.75) is 0 Å². The quantitative estimate of drug-likeness (QED) is 0.877. The number of nitrogens with zero attached hydrogens (tertiary/aromatic N) is 4.